The van der Waals surface area contributed by atoms with Gasteiger partial charge in [0.25, 0.3) is 21.6 Å². The molecule has 11 nitrogen and oxygen atoms in total. The third-order valence-electron chi connectivity index (χ3n) is 4.93. The van der Waals surface area contributed by atoms with Gasteiger partial charge < -0.3 is 5.32 Å². The van der Waals surface area contributed by atoms with Crippen molar-refractivity contribution in [3.8, 4) is 0 Å². The van der Waals surface area contributed by atoms with Crippen LogP contribution in [-0.2, 0) is 19.6 Å². The van der Waals surface area contributed by atoms with Gasteiger partial charge in [-0.25, -0.2) is 13.8 Å². The molecular weight excluding hydrogens is 486 g/mol. The van der Waals surface area contributed by atoms with Crippen LogP contribution in [0.25, 0.3) is 0 Å². The Bertz CT molecular complexity index is 1410. The second-order valence-electron chi connectivity index (χ2n) is 7.56. The predicted molar refractivity (Wildman–Crippen MR) is 135 cm³/mol. The molecule has 0 radical (unpaired) electrons. The third kappa shape index (κ3) is 6.30. The molecular formula is C24H23N5O6S. The van der Waals surface area contributed by atoms with E-state index in [0.29, 0.717) is 17.0 Å². The van der Waals surface area contributed by atoms with Crippen LogP contribution in [0, 0.1) is 10.1 Å². The highest BCUT2D eigenvalue weighted by atomic mass is 32.2. The molecule has 12 heteroatoms. The molecule has 2 amide bonds. The van der Waals surface area contributed by atoms with Gasteiger partial charge in [0, 0.05) is 18.7 Å². The number of nitrogens with one attached hydrogen (secondary N) is 2. The van der Waals surface area contributed by atoms with E-state index in [1.165, 1.54) is 31.2 Å². The van der Waals surface area contributed by atoms with E-state index in [4.69, 9.17) is 0 Å². The Labute approximate surface area is 207 Å². The number of sulfonamides is 1. The van der Waals surface area contributed by atoms with Crippen molar-refractivity contribution in [2.45, 2.75) is 18.7 Å². The highest BCUT2D eigenvalue weighted by molar-refractivity contribution is 7.93. The first kappa shape index (κ1) is 26.0. The Hall–Kier alpha value is -4.58. The van der Waals surface area contributed by atoms with Crippen LogP contribution in [-0.4, -0.2) is 37.4 Å². The van der Waals surface area contributed by atoms with E-state index in [2.05, 4.69) is 15.8 Å². The number of benzene rings is 3. The number of nitro groups is 1. The fraction of sp³-hybridized carbons (Fsp3) is 0.125. The van der Waals surface area contributed by atoms with E-state index in [0.717, 1.165) is 16.4 Å². The normalized spacial score (nSPS) is 11.4. The molecule has 0 atom stereocenters. The second kappa shape index (κ2) is 11.2. The van der Waals surface area contributed by atoms with Crippen LogP contribution in [0.4, 0.5) is 17.1 Å². The summed E-state index contributed by atoms with van der Waals surface area (Å²) in [6, 6.07) is 19.5. The van der Waals surface area contributed by atoms with Crippen LogP contribution < -0.4 is 15.0 Å². The number of hydrogen-bond acceptors (Lipinski definition) is 7. The van der Waals surface area contributed by atoms with Crippen molar-refractivity contribution in [2.24, 2.45) is 5.10 Å². The van der Waals surface area contributed by atoms with Gasteiger partial charge >= 0.3 is 0 Å². The fourth-order valence-corrected chi connectivity index (χ4v) is 4.81. The zero-order valence-electron chi connectivity index (χ0n) is 19.4. The van der Waals surface area contributed by atoms with Crippen molar-refractivity contribution >= 4 is 44.6 Å². The summed E-state index contributed by atoms with van der Waals surface area (Å²) in [6.45, 7) is 2.37. The minimum absolute atomic E-state index is 0.153. The number of rotatable bonds is 9. The SMILES string of the molecule is CC(=O)Nc1ccc(/C(C)=N\NC(=O)CN(c2ccccc2)S(=O)(=O)c2ccccc2[N+](=O)[O-])cc1. The first-order chi connectivity index (χ1) is 17.1. The molecule has 0 aliphatic heterocycles. The topological polar surface area (TPSA) is 151 Å². The minimum atomic E-state index is -4.48. The highest BCUT2D eigenvalue weighted by Gasteiger charge is 2.33. The van der Waals surface area contributed by atoms with Crippen LogP contribution in [0.5, 0.6) is 0 Å². The summed E-state index contributed by atoms with van der Waals surface area (Å²) in [4.78, 5) is 34.0. The summed E-state index contributed by atoms with van der Waals surface area (Å²) in [6.07, 6.45) is 0. The van der Waals surface area contributed by atoms with Gasteiger partial charge in [0.15, 0.2) is 4.90 Å². The van der Waals surface area contributed by atoms with Crippen molar-refractivity contribution in [3.05, 3.63) is 94.5 Å². The largest absolute Gasteiger partial charge is 0.326 e. The lowest BCUT2D eigenvalue weighted by atomic mass is 10.1. The third-order valence-corrected chi connectivity index (χ3v) is 6.75. The Morgan fingerprint density at radius 1 is 0.944 bits per heavy atom. The molecule has 3 aromatic carbocycles. The highest BCUT2D eigenvalue weighted by Crippen LogP contribution is 2.29. The van der Waals surface area contributed by atoms with Crippen LogP contribution in [0.15, 0.2) is 88.9 Å². The zero-order valence-corrected chi connectivity index (χ0v) is 20.2. The summed E-state index contributed by atoms with van der Waals surface area (Å²) >= 11 is 0. The van der Waals surface area contributed by atoms with E-state index in [9.17, 15) is 28.1 Å². The minimum Gasteiger partial charge on any atom is -0.326 e. The van der Waals surface area contributed by atoms with Crippen LogP contribution >= 0.6 is 0 Å². The first-order valence-corrected chi connectivity index (χ1v) is 12.1. The molecule has 0 aliphatic carbocycles. The summed E-state index contributed by atoms with van der Waals surface area (Å²) in [7, 11) is -4.48. The standard InChI is InChI=1S/C24H23N5O6S/c1-17(19-12-14-20(15-13-19)25-18(2)30)26-27-24(31)16-28(21-8-4-3-5-9-21)36(34,35)23-11-7-6-10-22(23)29(32)33/h3-15H,16H2,1-2H3,(H,25,30)(H,27,31)/b26-17-. The van der Waals surface area contributed by atoms with Crippen molar-refractivity contribution in [1.29, 1.82) is 0 Å². The number of hydrazone groups is 1. The van der Waals surface area contributed by atoms with Gasteiger partial charge in [-0.2, -0.15) is 5.10 Å². The average molecular weight is 510 g/mol. The molecule has 36 heavy (non-hydrogen) atoms. The average Bonchev–Trinajstić information content (AvgIpc) is 2.86. The summed E-state index contributed by atoms with van der Waals surface area (Å²) in [5, 5.41) is 18.1. The predicted octanol–water partition coefficient (Wildman–Crippen LogP) is 3.29. The molecule has 0 aromatic heterocycles. The fourth-order valence-electron chi connectivity index (χ4n) is 3.23. The van der Waals surface area contributed by atoms with Crippen molar-refractivity contribution < 1.29 is 22.9 Å². The van der Waals surface area contributed by atoms with E-state index in [1.54, 1.807) is 49.4 Å². The lowest BCUT2D eigenvalue weighted by Gasteiger charge is -2.23. The zero-order chi connectivity index (χ0) is 26.3. The first-order valence-electron chi connectivity index (χ1n) is 10.6. The number of carbonyl (C=O) groups excluding carboxylic acids is 2. The number of carbonyl (C=O) groups is 2. The molecule has 3 aromatic rings. The Kier molecular flexibility index (Phi) is 8.12. The van der Waals surface area contributed by atoms with Crippen LogP contribution in [0.3, 0.4) is 0 Å². The van der Waals surface area contributed by atoms with Gasteiger partial charge in [-0.15, -0.1) is 0 Å². The molecule has 3 rings (SSSR count). The van der Waals surface area contributed by atoms with Gasteiger partial charge in [0.2, 0.25) is 5.91 Å². The molecule has 0 aliphatic rings. The lowest BCUT2D eigenvalue weighted by molar-refractivity contribution is -0.387. The number of para-hydroxylation sites is 2. The van der Waals surface area contributed by atoms with Crippen molar-refractivity contribution in [3.63, 3.8) is 0 Å². The van der Waals surface area contributed by atoms with Gasteiger partial charge in [0.05, 0.1) is 16.3 Å². The molecule has 0 heterocycles. The molecule has 0 saturated carbocycles. The summed E-state index contributed by atoms with van der Waals surface area (Å²) in [5.41, 5.74) is 3.58. The molecule has 186 valence electrons. The smallest absolute Gasteiger partial charge is 0.289 e. The van der Waals surface area contributed by atoms with E-state index < -0.39 is 38.0 Å². The van der Waals surface area contributed by atoms with Crippen LogP contribution in [0.1, 0.15) is 19.4 Å². The molecule has 0 unspecified atom stereocenters. The van der Waals surface area contributed by atoms with E-state index >= 15 is 0 Å². The van der Waals surface area contributed by atoms with Crippen molar-refractivity contribution in [1.82, 2.24) is 5.43 Å². The molecule has 0 fully saturated rings. The maximum atomic E-state index is 13.4. The number of anilines is 2. The maximum Gasteiger partial charge on any atom is 0.289 e. The lowest BCUT2D eigenvalue weighted by Crippen LogP contribution is -2.40. The molecule has 0 saturated heterocycles. The Morgan fingerprint density at radius 2 is 1.56 bits per heavy atom. The monoisotopic (exact) mass is 509 g/mol. The molecule has 0 bridgehead atoms. The second-order valence-corrected chi connectivity index (χ2v) is 9.39. The Balaban J connectivity index is 1.85. The summed E-state index contributed by atoms with van der Waals surface area (Å²) in [5.74, 6) is -0.964. The number of hydrogen-bond donors (Lipinski definition) is 2. The van der Waals surface area contributed by atoms with E-state index in [-0.39, 0.29) is 11.6 Å². The van der Waals surface area contributed by atoms with Gasteiger partial charge in [-0.1, -0.05) is 42.5 Å². The number of amides is 2. The molecule has 2 N–H and O–H groups in total. The van der Waals surface area contributed by atoms with Gasteiger partial charge in [-0.3, -0.25) is 24.0 Å². The van der Waals surface area contributed by atoms with Crippen LogP contribution in [0.2, 0.25) is 0 Å². The number of nitro benzene ring substituents is 1. The number of nitrogens with zero attached hydrogens (tertiary/aromatic N) is 3. The molecule has 0 spiro atoms. The maximum absolute atomic E-state index is 13.4. The van der Waals surface area contributed by atoms with Crippen molar-refractivity contribution in [2.75, 3.05) is 16.2 Å². The Morgan fingerprint density at radius 3 is 2.17 bits per heavy atom. The van der Waals surface area contributed by atoms with Gasteiger partial charge in [-0.05, 0) is 42.8 Å². The van der Waals surface area contributed by atoms with Gasteiger partial charge in [0.1, 0.15) is 6.54 Å². The quantitative estimate of drug-likeness (QED) is 0.257. The van der Waals surface area contributed by atoms with E-state index in [1.807, 2.05) is 0 Å². The summed E-state index contributed by atoms with van der Waals surface area (Å²) < 4.78 is 27.7.